The van der Waals surface area contributed by atoms with Gasteiger partial charge in [0.2, 0.25) is 0 Å². The highest BCUT2D eigenvalue weighted by Gasteiger charge is 2.27. The molecule has 3 aromatic rings. The Bertz CT molecular complexity index is 1120. The molecule has 180 valence electrons. The van der Waals surface area contributed by atoms with Crippen molar-refractivity contribution in [1.82, 2.24) is 9.78 Å². The minimum Gasteiger partial charge on any atom is -0.480 e. The number of hydrogen-bond donors (Lipinski definition) is 1. The normalized spacial score (nSPS) is 18.2. The standard InChI is InChI=1S/C27H30F2N2O3/c1-2-23-25(21-9-6-10-22(28)26(21)29)27(20-7-4-3-5-8-20)30-31(23)15-18-11-13-19(14-12-18)16-34-17-24(32)33/h3-10,18-19H,2,11-17H2,1H3,(H,32,33). The smallest absolute Gasteiger partial charge is 0.329 e. The summed E-state index contributed by atoms with van der Waals surface area (Å²) in [6.07, 6.45) is 4.58. The first-order valence-corrected chi connectivity index (χ1v) is 11.9. The fraction of sp³-hybridized carbons (Fsp3) is 0.407. The molecule has 1 saturated carbocycles. The Hall–Kier alpha value is -3.06. The van der Waals surface area contributed by atoms with E-state index in [1.54, 1.807) is 6.07 Å². The minimum absolute atomic E-state index is 0.237. The van der Waals surface area contributed by atoms with Crippen molar-refractivity contribution in [2.75, 3.05) is 13.2 Å². The molecule has 1 heterocycles. The van der Waals surface area contributed by atoms with Crippen LogP contribution in [-0.2, 0) is 22.5 Å². The van der Waals surface area contributed by atoms with Crippen LogP contribution in [0.15, 0.2) is 48.5 Å². The van der Waals surface area contributed by atoms with E-state index in [1.807, 2.05) is 41.9 Å². The average molecular weight is 469 g/mol. The predicted molar refractivity (Wildman–Crippen MR) is 126 cm³/mol. The topological polar surface area (TPSA) is 64.4 Å². The molecule has 0 saturated heterocycles. The van der Waals surface area contributed by atoms with Gasteiger partial charge < -0.3 is 9.84 Å². The first-order chi connectivity index (χ1) is 16.5. The second kappa shape index (κ2) is 10.9. The molecule has 1 N–H and O–H groups in total. The number of aliphatic carboxylic acids is 1. The van der Waals surface area contributed by atoms with E-state index in [0.717, 1.165) is 43.0 Å². The molecule has 0 radical (unpaired) electrons. The molecular weight excluding hydrogens is 438 g/mol. The van der Waals surface area contributed by atoms with Gasteiger partial charge in [-0.3, -0.25) is 4.68 Å². The Balaban J connectivity index is 1.60. The fourth-order valence-corrected chi connectivity index (χ4v) is 4.92. The van der Waals surface area contributed by atoms with Gasteiger partial charge in [-0.25, -0.2) is 13.6 Å². The second-order valence-corrected chi connectivity index (χ2v) is 8.97. The van der Waals surface area contributed by atoms with E-state index in [1.165, 1.54) is 6.07 Å². The Morgan fingerprint density at radius 1 is 1.06 bits per heavy atom. The highest BCUT2D eigenvalue weighted by Crippen LogP contribution is 2.38. The van der Waals surface area contributed by atoms with Crippen LogP contribution in [0.1, 0.15) is 38.3 Å². The molecule has 0 spiro atoms. The maximum absolute atomic E-state index is 14.9. The number of hydrogen-bond acceptors (Lipinski definition) is 3. The van der Waals surface area contributed by atoms with Gasteiger partial charge in [0.05, 0.1) is 6.61 Å². The maximum atomic E-state index is 14.9. The van der Waals surface area contributed by atoms with Crippen LogP contribution in [0.4, 0.5) is 8.78 Å². The van der Waals surface area contributed by atoms with Gasteiger partial charge in [-0.2, -0.15) is 5.10 Å². The Labute approximate surface area is 198 Å². The lowest BCUT2D eigenvalue weighted by molar-refractivity contribution is -0.142. The molecular formula is C27H30F2N2O3. The van der Waals surface area contributed by atoms with Crippen molar-refractivity contribution >= 4 is 5.97 Å². The van der Waals surface area contributed by atoms with Crippen LogP contribution in [0.2, 0.25) is 0 Å². The molecule has 1 aromatic heterocycles. The van der Waals surface area contributed by atoms with E-state index in [0.29, 0.717) is 42.7 Å². The summed E-state index contributed by atoms with van der Waals surface area (Å²) in [6.45, 7) is 2.94. The maximum Gasteiger partial charge on any atom is 0.329 e. The molecule has 4 rings (SSSR count). The highest BCUT2D eigenvalue weighted by atomic mass is 19.2. The van der Waals surface area contributed by atoms with Crippen LogP contribution in [-0.4, -0.2) is 34.1 Å². The van der Waals surface area contributed by atoms with Gasteiger partial charge in [-0.1, -0.05) is 49.4 Å². The van der Waals surface area contributed by atoms with Crippen LogP contribution in [0, 0.1) is 23.5 Å². The van der Waals surface area contributed by atoms with Crippen molar-refractivity contribution in [2.24, 2.45) is 11.8 Å². The summed E-state index contributed by atoms with van der Waals surface area (Å²) in [5.74, 6) is -1.88. The molecule has 0 bridgehead atoms. The van der Waals surface area contributed by atoms with Crippen LogP contribution >= 0.6 is 0 Å². The molecule has 2 aromatic carbocycles. The Kier molecular flexibility index (Phi) is 7.73. The van der Waals surface area contributed by atoms with Gasteiger partial charge >= 0.3 is 5.97 Å². The summed E-state index contributed by atoms with van der Waals surface area (Å²) in [6, 6.07) is 13.9. The van der Waals surface area contributed by atoms with E-state index >= 15 is 0 Å². The molecule has 0 amide bonds. The molecule has 34 heavy (non-hydrogen) atoms. The number of carbonyl (C=O) groups is 1. The third kappa shape index (κ3) is 5.36. The van der Waals surface area contributed by atoms with Crippen molar-refractivity contribution in [3.8, 4) is 22.4 Å². The fourth-order valence-electron chi connectivity index (χ4n) is 4.92. The largest absolute Gasteiger partial charge is 0.480 e. The van der Waals surface area contributed by atoms with E-state index < -0.39 is 17.6 Å². The number of carboxylic acids is 1. The SMILES string of the molecule is CCc1c(-c2cccc(F)c2F)c(-c2ccccc2)nn1CC1CCC(COCC(=O)O)CC1. The van der Waals surface area contributed by atoms with Gasteiger partial charge in [0.15, 0.2) is 11.6 Å². The first-order valence-electron chi connectivity index (χ1n) is 11.9. The lowest BCUT2D eigenvalue weighted by Gasteiger charge is -2.28. The molecule has 0 unspecified atom stereocenters. The molecule has 5 nitrogen and oxygen atoms in total. The lowest BCUT2D eigenvalue weighted by Crippen LogP contribution is -2.23. The van der Waals surface area contributed by atoms with Gasteiger partial charge in [0.1, 0.15) is 12.3 Å². The van der Waals surface area contributed by atoms with Gasteiger partial charge in [0, 0.05) is 28.9 Å². The van der Waals surface area contributed by atoms with Crippen molar-refractivity contribution < 1.29 is 23.4 Å². The second-order valence-electron chi connectivity index (χ2n) is 8.97. The average Bonchev–Trinajstić information content (AvgIpc) is 3.20. The molecule has 1 aliphatic carbocycles. The Morgan fingerprint density at radius 2 is 1.76 bits per heavy atom. The van der Waals surface area contributed by atoms with E-state index in [9.17, 15) is 13.6 Å². The lowest BCUT2D eigenvalue weighted by atomic mass is 9.82. The van der Waals surface area contributed by atoms with Crippen molar-refractivity contribution in [2.45, 2.75) is 45.6 Å². The van der Waals surface area contributed by atoms with Crippen LogP contribution in [0.3, 0.4) is 0 Å². The zero-order chi connectivity index (χ0) is 24.1. The number of ether oxygens (including phenoxy) is 1. The quantitative estimate of drug-likeness (QED) is 0.421. The first kappa shape index (κ1) is 24.1. The molecule has 7 heteroatoms. The van der Waals surface area contributed by atoms with E-state index in [4.69, 9.17) is 14.9 Å². The molecule has 1 aliphatic rings. The molecule has 0 atom stereocenters. The number of carboxylic acid groups (broad SMARTS) is 1. The summed E-state index contributed by atoms with van der Waals surface area (Å²) in [5, 5.41) is 13.7. The molecule has 1 fully saturated rings. The summed E-state index contributed by atoms with van der Waals surface area (Å²) in [4.78, 5) is 10.7. The van der Waals surface area contributed by atoms with Crippen molar-refractivity contribution in [3.05, 3.63) is 65.9 Å². The summed E-state index contributed by atoms with van der Waals surface area (Å²) < 4.78 is 36.3. The van der Waals surface area contributed by atoms with Crippen LogP contribution < -0.4 is 0 Å². The summed E-state index contributed by atoms with van der Waals surface area (Å²) in [7, 11) is 0. The number of benzene rings is 2. The molecule has 0 aliphatic heterocycles. The summed E-state index contributed by atoms with van der Waals surface area (Å²) in [5.41, 5.74) is 3.32. The minimum atomic E-state index is -0.945. The van der Waals surface area contributed by atoms with E-state index in [-0.39, 0.29) is 12.2 Å². The monoisotopic (exact) mass is 468 g/mol. The highest BCUT2D eigenvalue weighted by molar-refractivity contribution is 5.83. The zero-order valence-electron chi connectivity index (χ0n) is 19.3. The number of rotatable bonds is 9. The van der Waals surface area contributed by atoms with Gasteiger partial charge in [-0.15, -0.1) is 0 Å². The van der Waals surface area contributed by atoms with Crippen molar-refractivity contribution in [3.63, 3.8) is 0 Å². The zero-order valence-corrected chi connectivity index (χ0v) is 19.3. The number of halogens is 2. The van der Waals surface area contributed by atoms with E-state index in [2.05, 4.69) is 0 Å². The third-order valence-corrected chi connectivity index (χ3v) is 6.64. The predicted octanol–water partition coefficient (Wildman–Crippen LogP) is 5.97. The van der Waals surface area contributed by atoms with Crippen LogP contribution in [0.5, 0.6) is 0 Å². The number of aromatic nitrogens is 2. The number of nitrogens with zero attached hydrogens (tertiary/aromatic N) is 2. The summed E-state index contributed by atoms with van der Waals surface area (Å²) >= 11 is 0. The third-order valence-electron chi connectivity index (χ3n) is 6.64. The van der Waals surface area contributed by atoms with Gasteiger partial charge in [0.25, 0.3) is 0 Å². The van der Waals surface area contributed by atoms with Crippen LogP contribution in [0.25, 0.3) is 22.4 Å². The Morgan fingerprint density at radius 3 is 2.44 bits per heavy atom. The van der Waals surface area contributed by atoms with Gasteiger partial charge in [-0.05, 0) is 50.0 Å². The van der Waals surface area contributed by atoms with Crippen molar-refractivity contribution in [1.29, 1.82) is 0 Å².